The Morgan fingerprint density at radius 3 is 2.29 bits per heavy atom. The minimum Gasteiger partial charge on any atom is -0.507 e. The molecule has 35 heavy (non-hydrogen) atoms. The molecule has 4 fully saturated rings. The Morgan fingerprint density at radius 2 is 1.60 bits per heavy atom. The van der Waals surface area contributed by atoms with E-state index in [1.807, 2.05) is 48.5 Å². The molecule has 0 amide bonds. The Kier molecular flexibility index (Phi) is 5.64. The number of hydrogen-bond acceptors (Lipinski definition) is 3. The number of aromatic hydroxyl groups is 1. The van der Waals surface area contributed by atoms with Gasteiger partial charge >= 0.3 is 0 Å². The van der Waals surface area contributed by atoms with Crippen LogP contribution in [0.5, 0.6) is 11.5 Å². The quantitative estimate of drug-likeness (QED) is 0.369. The summed E-state index contributed by atoms with van der Waals surface area (Å²) in [4.78, 5) is 4.84. The van der Waals surface area contributed by atoms with Crippen LogP contribution in [0.15, 0.2) is 59.6 Å². The maximum absolute atomic E-state index is 11.5. The van der Waals surface area contributed by atoms with E-state index in [1.165, 1.54) is 44.1 Å². The third-order valence-electron chi connectivity index (χ3n) is 8.61. The average Bonchev–Trinajstić information content (AvgIpc) is 2.84. The number of phenolic OH excluding ortho intramolecular Hbond substituents is 1. The lowest BCUT2D eigenvalue weighted by atomic mass is 9.48. The Morgan fingerprint density at radius 1 is 0.943 bits per heavy atom. The summed E-state index contributed by atoms with van der Waals surface area (Å²) in [6.45, 7) is 2.12. The summed E-state index contributed by atoms with van der Waals surface area (Å²) < 4.78 is 5.59. The van der Waals surface area contributed by atoms with E-state index in [4.69, 9.17) is 21.3 Å². The van der Waals surface area contributed by atoms with Gasteiger partial charge in [0.25, 0.3) is 0 Å². The van der Waals surface area contributed by atoms with Crippen molar-refractivity contribution in [1.82, 2.24) is 0 Å². The lowest BCUT2D eigenvalue weighted by Crippen LogP contribution is -2.48. The van der Waals surface area contributed by atoms with Crippen LogP contribution in [-0.4, -0.2) is 18.4 Å². The molecule has 3 aromatic carbocycles. The summed E-state index contributed by atoms with van der Waals surface area (Å²) in [5.74, 6) is 3.64. The number of halogens is 1. The number of benzene rings is 3. The maximum atomic E-state index is 11.5. The molecule has 0 heterocycles. The van der Waals surface area contributed by atoms with Crippen LogP contribution in [0.3, 0.4) is 0 Å². The Labute approximate surface area is 212 Å². The maximum Gasteiger partial charge on any atom is 0.128 e. The van der Waals surface area contributed by atoms with Crippen molar-refractivity contribution in [1.29, 1.82) is 0 Å². The summed E-state index contributed by atoms with van der Waals surface area (Å²) in [7, 11) is 1.67. The van der Waals surface area contributed by atoms with Crippen LogP contribution in [0, 0.1) is 24.7 Å². The van der Waals surface area contributed by atoms with E-state index in [-0.39, 0.29) is 5.41 Å². The molecule has 4 bridgehead atoms. The molecule has 3 aromatic rings. The number of nitrogens with zero attached hydrogens (tertiary/aromatic N) is 1. The van der Waals surface area contributed by atoms with Crippen molar-refractivity contribution < 1.29 is 9.84 Å². The van der Waals surface area contributed by atoms with Crippen molar-refractivity contribution in [2.75, 3.05) is 7.11 Å². The number of hydrogen-bond donors (Lipinski definition) is 1. The topological polar surface area (TPSA) is 41.8 Å². The molecule has 0 unspecified atom stereocenters. The standard InChI is InChI=1S/C31H32ClNO2/c1-19-10-23(30(34)26(11-19)31-15-20-12-21(16-31)14-22(13-20)17-31)18-33-29-25(7-5-8-27(29)32)24-6-3-4-9-28(24)35-2/h3-11,18,20-22,34H,12-17H2,1-2H3. The molecule has 4 saturated carbocycles. The molecule has 0 aliphatic heterocycles. The van der Waals surface area contributed by atoms with E-state index in [1.54, 1.807) is 13.3 Å². The van der Waals surface area contributed by atoms with Crippen molar-refractivity contribution >= 4 is 23.5 Å². The van der Waals surface area contributed by atoms with Gasteiger partial charge in [-0.3, -0.25) is 4.99 Å². The predicted molar refractivity (Wildman–Crippen MR) is 143 cm³/mol. The van der Waals surface area contributed by atoms with Gasteiger partial charge in [-0.2, -0.15) is 0 Å². The first-order valence-electron chi connectivity index (χ1n) is 12.8. The Balaban J connectivity index is 1.41. The number of phenols is 1. The lowest BCUT2D eigenvalue weighted by Gasteiger charge is -2.57. The van der Waals surface area contributed by atoms with Gasteiger partial charge in [0.05, 0.1) is 17.8 Å². The molecule has 4 aliphatic rings. The summed E-state index contributed by atoms with van der Waals surface area (Å²) in [5, 5.41) is 12.1. The molecule has 4 aliphatic carbocycles. The third-order valence-corrected chi connectivity index (χ3v) is 8.91. The van der Waals surface area contributed by atoms with Gasteiger partial charge in [0, 0.05) is 28.5 Å². The Bertz CT molecular complexity index is 1280. The number of para-hydroxylation sites is 2. The van der Waals surface area contributed by atoms with Crippen molar-refractivity contribution in [3.63, 3.8) is 0 Å². The largest absolute Gasteiger partial charge is 0.507 e. The highest BCUT2D eigenvalue weighted by molar-refractivity contribution is 6.33. The fraction of sp³-hybridized carbons (Fsp3) is 0.387. The van der Waals surface area contributed by atoms with Gasteiger partial charge in [0.2, 0.25) is 0 Å². The van der Waals surface area contributed by atoms with Gasteiger partial charge in [-0.05, 0) is 92.4 Å². The van der Waals surface area contributed by atoms with E-state index in [2.05, 4.69) is 13.0 Å². The molecular weight excluding hydrogens is 454 g/mol. The van der Waals surface area contributed by atoms with Gasteiger partial charge in [-0.15, -0.1) is 0 Å². The van der Waals surface area contributed by atoms with E-state index >= 15 is 0 Å². The van der Waals surface area contributed by atoms with E-state index in [9.17, 15) is 5.11 Å². The minimum absolute atomic E-state index is 0.125. The zero-order valence-corrected chi connectivity index (χ0v) is 21.2. The number of rotatable bonds is 5. The minimum atomic E-state index is 0.125. The number of aliphatic imine (C=N–C) groups is 1. The first kappa shape index (κ1) is 22.7. The molecule has 180 valence electrons. The molecular formula is C31H32ClNO2. The van der Waals surface area contributed by atoms with Gasteiger partial charge in [-0.1, -0.05) is 48.0 Å². The zero-order valence-electron chi connectivity index (χ0n) is 20.4. The fourth-order valence-corrected chi connectivity index (χ4v) is 7.84. The van der Waals surface area contributed by atoms with Crippen LogP contribution in [0.1, 0.15) is 55.2 Å². The molecule has 0 aromatic heterocycles. The normalized spacial score (nSPS) is 27.0. The second-order valence-corrected chi connectivity index (χ2v) is 11.4. The second-order valence-electron chi connectivity index (χ2n) is 11.0. The smallest absolute Gasteiger partial charge is 0.128 e. The Hall–Kier alpha value is -2.78. The molecule has 0 spiro atoms. The van der Waals surface area contributed by atoms with E-state index < -0.39 is 0 Å². The number of methoxy groups -OCH3 is 1. The van der Waals surface area contributed by atoms with Crippen LogP contribution in [0.4, 0.5) is 5.69 Å². The number of ether oxygens (including phenoxy) is 1. The summed E-state index contributed by atoms with van der Waals surface area (Å²) >= 11 is 6.64. The molecule has 0 radical (unpaired) electrons. The van der Waals surface area contributed by atoms with Gasteiger partial charge < -0.3 is 9.84 Å². The highest BCUT2D eigenvalue weighted by Gasteiger charge is 2.52. The van der Waals surface area contributed by atoms with Crippen LogP contribution in [-0.2, 0) is 5.41 Å². The molecule has 0 atom stereocenters. The molecule has 1 N–H and O–H groups in total. The highest BCUT2D eigenvalue weighted by atomic mass is 35.5. The molecule has 0 saturated heterocycles. The van der Waals surface area contributed by atoms with Crippen molar-refractivity contribution in [2.24, 2.45) is 22.7 Å². The molecule has 7 rings (SSSR count). The van der Waals surface area contributed by atoms with Crippen LogP contribution in [0.25, 0.3) is 11.1 Å². The van der Waals surface area contributed by atoms with Crippen LogP contribution < -0.4 is 4.74 Å². The van der Waals surface area contributed by atoms with Crippen molar-refractivity contribution in [3.05, 3.63) is 76.3 Å². The second kappa shape index (κ2) is 8.71. The van der Waals surface area contributed by atoms with Gasteiger partial charge in [-0.25, -0.2) is 0 Å². The first-order chi connectivity index (χ1) is 17.0. The number of aryl methyl sites for hydroxylation is 1. The summed E-state index contributed by atoms with van der Waals surface area (Å²) in [5.41, 5.74) is 5.71. The summed E-state index contributed by atoms with van der Waals surface area (Å²) in [6.07, 6.45) is 9.60. The first-order valence-corrected chi connectivity index (χ1v) is 13.1. The van der Waals surface area contributed by atoms with Crippen molar-refractivity contribution in [2.45, 2.75) is 50.9 Å². The lowest BCUT2D eigenvalue weighted by molar-refractivity contribution is -0.00616. The van der Waals surface area contributed by atoms with E-state index in [0.717, 1.165) is 45.8 Å². The van der Waals surface area contributed by atoms with Crippen LogP contribution in [0.2, 0.25) is 5.02 Å². The molecule has 3 nitrogen and oxygen atoms in total. The van der Waals surface area contributed by atoms with Gasteiger partial charge in [0.15, 0.2) is 0 Å². The highest BCUT2D eigenvalue weighted by Crippen LogP contribution is 2.62. The SMILES string of the molecule is COc1ccccc1-c1cccc(Cl)c1N=Cc1cc(C)cc(C23CC4CC(CC(C4)C2)C3)c1O. The summed E-state index contributed by atoms with van der Waals surface area (Å²) in [6, 6.07) is 17.9. The zero-order chi connectivity index (χ0) is 24.2. The fourth-order valence-electron chi connectivity index (χ4n) is 7.62. The average molecular weight is 486 g/mol. The van der Waals surface area contributed by atoms with Crippen molar-refractivity contribution in [3.8, 4) is 22.6 Å². The third kappa shape index (κ3) is 3.94. The molecule has 4 heteroatoms. The monoisotopic (exact) mass is 485 g/mol. The van der Waals surface area contributed by atoms with Gasteiger partial charge in [0.1, 0.15) is 11.5 Å². The van der Waals surface area contributed by atoms with E-state index in [0.29, 0.717) is 16.5 Å². The van der Waals surface area contributed by atoms with Crippen LogP contribution >= 0.6 is 11.6 Å². The predicted octanol–water partition coefficient (Wildman–Crippen LogP) is 8.25.